The molecule has 0 aliphatic heterocycles. The van der Waals surface area contributed by atoms with E-state index >= 15 is 0 Å². The maximum atomic E-state index is 11.1. The third-order valence-electron chi connectivity index (χ3n) is 1.91. The Hall–Kier alpha value is -0.570. The average Bonchev–Trinajstić information content (AvgIpc) is 2.02. The van der Waals surface area contributed by atoms with E-state index in [0.717, 1.165) is 12.8 Å². The summed E-state index contributed by atoms with van der Waals surface area (Å²) in [6.07, 6.45) is 3.33. The minimum Gasteiger partial charge on any atom is -0.463 e. The Labute approximate surface area is 86.5 Å². The fraction of sp³-hybridized carbons (Fsp3) is 0.909. The Morgan fingerprint density at radius 2 is 2.00 bits per heavy atom. The number of aliphatic hydroxyl groups is 1. The van der Waals surface area contributed by atoms with Crippen LogP contribution in [-0.2, 0) is 9.53 Å². The normalized spacial score (nSPS) is 12.9. The van der Waals surface area contributed by atoms with Gasteiger partial charge in [0.2, 0.25) is 0 Å². The quantitative estimate of drug-likeness (QED) is 0.644. The molecule has 3 heteroatoms. The summed E-state index contributed by atoms with van der Waals surface area (Å²) in [4.78, 5) is 11.1. The predicted octanol–water partition coefficient (Wildman–Crippen LogP) is 2.27. The van der Waals surface area contributed by atoms with Gasteiger partial charge in [0.25, 0.3) is 0 Å². The smallest absolute Gasteiger partial charge is 0.306 e. The van der Waals surface area contributed by atoms with E-state index < -0.39 is 0 Å². The molecule has 0 aromatic rings. The van der Waals surface area contributed by atoms with E-state index in [2.05, 4.69) is 0 Å². The number of aliphatic hydroxyl groups excluding tert-OH is 1. The molecule has 0 saturated carbocycles. The van der Waals surface area contributed by atoms with Crippen LogP contribution in [0.4, 0.5) is 0 Å². The highest BCUT2D eigenvalue weighted by Gasteiger charge is 2.07. The van der Waals surface area contributed by atoms with Gasteiger partial charge in [0.05, 0.1) is 12.2 Å². The van der Waals surface area contributed by atoms with Crippen LogP contribution in [0.5, 0.6) is 0 Å². The van der Waals surface area contributed by atoms with Crippen molar-refractivity contribution in [2.75, 3.05) is 0 Å². The van der Waals surface area contributed by atoms with Crippen LogP contribution in [0.1, 0.15) is 52.9 Å². The zero-order valence-corrected chi connectivity index (χ0v) is 9.45. The third kappa shape index (κ3) is 8.05. The lowest BCUT2D eigenvalue weighted by Crippen LogP contribution is -2.12. The fourth-order valence-electron chi connectivity index (χ4n) is 1.28. The van der Waals surface area contributed by atoms with Gasteiger partial charge in [-0.1, -0.05) is 13.3 Å². The van der Waals surface area contributed by atoms with E-state index in [9.17, 15) is 9.90 Å². The van der Waals surface area contributed by atoms with E-state index in [1.807, 2.05) is 20.8 Å². The molecule has 0 heterocycles. The number of hydrogen-bond acceptors (Lipinski definition) is 3. The minimum absolute atomic E-state index is 0.0388. The lowest BCUT2D eigenvalue weighted by atomic mass is 10.1. The molecule has 3 nitrogen and oxygen atoms in total. The standard InChI is InChI=1S/C11H22O3/c1-4-6-10(12)7-5-8-11(13)14-9(2)3/h9-10,12H,4-8H2,1-3H3. The molecular weight excluding hydrogens is 180 g/mol. The van der Waals surface area contributed by atoms with Gasteiger partial charge < -0.3 is 9.84 Å². The number of carbonyl (C=O) groups excluding carboxylic acids is 1. The first-order chi connectivity index (χ1) is 6.56. The molecule has 1 N–H and O–H groups in total. The van der Waals surface area contributed by atoms with Crippen molar-refractivity contribution in [3.05, 3.63) is 0 Å². The lowest BCUT2D eigenvalue weighted by molar-refractivity contribution is -0.147. The summed E-state index contributed by atoms with van der Waals surface area (Å²) >= 11 is 0. The highest BCUT2D eigenvalue weighted by Crippen LogP contribution is 2.07. The topological polar surface area (TPSA) is 46.5 Å². The summed E-state index contributed by atoms with van der Waals surface area (Å²) in [6.45, 7) is 5.71. The number of ether oxygens (including phenoxy) is 1. The lowest BCUT2D eigenvalue weighted by Gasteiger charge is -2.10. The van der Waals surface area contributed by atoms with Crippen molar-refractivity contribution in [1.29, 1.82) is 0 Å². The molecule has 0 aromatic heterocycles. The molecule has 0 fully saturated rings. The maximum Gasteiger partial charge on any atom is 0.306 e. The molecule has 0 aliphatic carbocycles. The predicted molar refractivity (Wildman–Crippen MR) is 56.0 cm³/mol. The van der Waals surface area contributed by atoms with Crippen molar-refractivity contribution in [3.8, 4) is 0 Å². The molecule has 0 radical (unpaired) electrons. The largest absolute Gasteiger partial charge is 0.463 e. The highest BCUT2D eigenvalue weighted by molar-refractivity contribution is 5.69. The molecule has 0 rings (SSSR count). The van der Waals surface area contributed by atoms with Crippen molar-refractivity contribution in [3.63, 3.8) is 0 Å². The second kappa shape index (κ2) is 7.80. The molecule has 1 unspecified atom stereocenters. The van der Waals surface area contributed by atoms with Crippen LogP contribution >= 0.6 is 0 Å². The molecule has 0 bridgehead atoms. The summed E-state index contributed by atoms with van der Waals surface area (Å²) < 4.78 is 4.97. The first-order valence-electron chi connectivity index (χ1n) is 5.43. The van der Waals surface area contributed by atoms with Crippen LogP contribution in [0, 0.1) is 0 Å². The van der Waals surface area contributed by atoms with Gasteiger partial charge in [-0.3, -0.25) is 4.79 Å². The van der Waals surface area contributed by atoms with Gasteiger partial charge in [0, 0.05) is 6.42 Å². The third-order valence-corrected chi connectivity index (χ3v) is 1.91. The van der Waals surface area contributed by atoms with E-state index in [0.29, 0.717) is 19.3 Å². The second-order valence-electron chi connectivity index (χ2n) is 3.87. The van der Waals surface area contributed by atoms with Gasteiger partial charge in [-0.05, 0) is 33.1 Å². The van der Waals surface area contributed by atoms with Gasteiger partial charge in [0.15, 0.2) is 0 Å². The summed E-state index contributed by atoms with van der Waals surface area (Å²) in [7, 11) is 0. The van der Waals surface area contributed by atoms with Crippen molar-refractivity contribution in [2.24, 2.45) is 0 Å². The second-order valence-corrected chi connectivity index (χ2v) is 3.87. The van der Waals surface area contributed by atoms with E-state index in [4.69, 9.17) is 4.74 Å². The van der Waals surface area contributed by atoms with Crippen molar-refractivity contribution < 1.29 is 14.6 Å². The van der Waals surface area contributed by atoms with Gasteiger partial charge in [-0.15, -0.1) is 0 Å². The molecule has 0 amide bonds. The van der Waals surface area contributed by atoms with Gasteiger partial charge >= 0.3 is 5.97 Å². The molecule has 0 aliphatic rings. The summed E-state index contributed by atoms with van der Waals surface area (Å²) in [5.41, 5.74) is 0. The SMILES string of the molecule is CCCC(O)CCCC(=O)OC(C)C. The number of carbonyl (C=O) groups is 1. The monoisotopic (exact) mass is 202 g/mol. The number of esters is 1. The maximum absolute atomic E-state index is 11.1. The zero-order chi connectivity index (χ0) is 11.0. The summed E-state index contributed by atoms with van der Waals surface area (Å²) in [6, 6.07) is 0. The van der Waals surface area contributed by atoms with Gasteiger partial charge in [-0.2, -0.15) is 0 Å². The molecule has 0 aromatic carbocycles. The molecule has 14 heavy (non-hydrogen) atoms. The Balaban J connectivity index is 3.39. The van der Waals surface area contributed by atoms with Crippen molar-refractivity contribution in [2.45, 2.75) is 65.1 Å². The summed E-state index contributed by atoms with van der Waals surface area (Å²) in [5.74, 6) is -0.163. The van der Waals surface area contributed by atoms with Gasteiger partial charge in [-0.25, -0.2) is 0 Å². The first-order valence-corrected chi connectivity index (χ1v) is 5.43. The van der Waals surface area contributed by atoms with Crippen LogP contribution < -0.4 is 0 Å². The molecule has 84 valence electrons. The fourth-order valence-corrected chi connectivity index (χ4v) is 1.28. The van der Waals surface area contributed by atoms with E-state index in [1.54, 1.807) is 0 Å². The number of hydrogen-bond donors (Lipinski definition) is 1. The van der Waals surface area contributed by atoms with Crippen LogP contribution in [0.2, 0.25) is 0 Å². The Kier molecular flexibility index (Phi) is 7.48. The minimum atomic E-state index is -0.258. The van der Waals surface area contributed by atoms with Gasteiger partial charge in [0.1, 0.15) is 0 Å². The summed E-state index contributed by atoms with van der Waals surface area (Å²) in [5, 5.41) is 9.39. The van der Waals surface area contributed by atoms with Crippen LogP contribution in [-0.4, -0.2) is 23.3 Å². The van der Waals surface area contributed by atoms with Crippen molar-refractivity contribution in [1.82, 2.24) is 0 Å². The molecule has 1 atom stereocenters. The highest BCUT2D eigenvalue weighted by atomic mass is 16.5. The van der Waals surface area contributed by atoms with Crippen molar-refractivity contribution >= 4 is 5.97 Å². The first kappa shape index (κ1) is 13.4. The Bertz CT molecular complexity index is 155. The molecule has 0 saturated heterocycles. The van der Waals surface area contributed by atoms with E-state index in [-0.39, 0.29) is 18.2 Å². The Morgan fingerprint density at radius 3 is 2.50 bits per heavy atom. The molecule has 0 spiro atoms. The zero-order valence-electron chi connectivity index (χ0n) is 9.45. The van der Waals surface area contributed by atoms with E-state index in [1.165, 1.54) is 0 Å². The number of rotatable bonds is 7. The van der Waals surface area contributed by atoms with Crippen LogP contribution in [0.25, 0.3) is 0 Å². The molecular formula is C11H22O3. The van der Waals surface area contributed by atoms with Crippen LogP contribution in [0.15, 0.2) is 0 Å². The average molecular weight is 202 g/mol. The Morgan fingerprint density at radius 1 is 1.36 bits per heavy atom. The van der Waals surface area contributed by atoms with Crippen LogP contribution in [0.3, 0.4) is 0 Å².